The molecule has 2 aromatic heterocycles. The van der Waals surface area contributed by atoms with Gasteiger partial charge in [0.2, 0.25) is 10.0 Å². The lowest BCUT2D eigenvalue weighted by molar-refractivity contribution is 0.0359. The third-order valence-electron chi connectivity index (χ3n) is 5.30. The minimum absolute atomic E-state index is 0.132. The number of aromatic amines is 1. The maximum atomic E-state index is 12.6. The molecule has 11 heteroatoms. The lowest BCUT2D eigenvalue weighted by Gasteiger charge is -2.27. The van der Waals surface area contributed by atoms with E-state index in [0.29, 0.717) is 42.0 Å². The van der Waals surface area contributed by atoms with Crippen LogP contribution in [0.2, 0.25) is 0 Å². The van der Waals surface area contributed by atoms with Gasteiger partial charge in [-0.25, -0.2) is 13.1 Å². The molecule has 1 aliphatic heterocycles. The monoisotopic (exact) mass is 470 g/mol. The second-order valence-corrected chi connectivity index (χ2v) is 10.7. The molecule has 0 radical (unpaired) electrons. The summed E-state index contributed by atoms with van der Waals surface area (Å²) in [5, 5.41) is 17.6. The first-order valence-corrected chi connectivity index (χ1v) is 12.1. The molecule has 2 atom stereocenters. The average Bonchev–Trinajstić information content (AvgIpc) is 3.12. The number of nitrogens with one attached hydrogen (secondary N) is 3. The van der Waals surface area contributed by atoms with Gasteiger partial charge in [-0.3, -0.25) is 9.48 Å². The summed E-state index contributed by atoms with van der Waals surface area (Å²) in [6.07, 6.45) is 2.13. The smallest absolute Gasteiger partial charge is 0.261 e. The number of rotatable bonds is 5. The molecule has 3 aromatic rings. The molecule has 4 rings (SSSR count). The Bertz CT molecular complexity index is 1360. The van der Waals surface area contributed by atoms with Crippen molar-refractivity contribution >= 4 is 32.4 Å². The van der Waals surface area contributed by atoms with Crippen LogP contribution in [-0.4, -0.2) is 41.9 Å². The van der Waals surface area contributed by atoms with Gasteiger partial charge in [-0.1, -0.05) is 0 Å². The normalized spacial score (nSPS) is 19.3. The zero-order chi connectivity index (χ0) is 23.8. The Hall–Kier alpha value is -3.20. The highest BCUT2D eigenvalue weighted by Gasteiger charge is 2.30. The minimum atomic E-state index is -3.67. The highest BCUT2D eigenvalue weighted by Crippen LogP contribution is 2.32. The summed E-state index contributed by atoms with van der Waals surface area (Å²) in [4.78, 5) is 15.4. The van der Waals surface area contributed by atoms with Crippen LogP contribution < -0.4 is 15.6 Å². The Morgan fingerprint density at radius 2 is 1.97 bits per heavy atom. The summed E-state index contributed by atoms with van der Waals surface area (Å²) in [6.45, 7) is 6.16. The minimum Gasteiger partial charge on any atom is -0.379 e. The summed E-state index contributed by atoms with van der Waals surface area (Å²) >= 11 is 0. The Morgan fingerprint density at radius 3 is 2.64 bits per heavy atom. The van der Waals surface area contributed by atoms with Crippen molar-refractivity contribution in [3.8, 4) is 6.07 Å². The summed E-state index contributed by atoms with van der Waals surface area (Å²) in [5.74, 6) is 0.0336. The quantitative estimate of drug-likeness (QED) is 0.520. The van der Waals surface area contributed by atoms with Crippen LogP contribution in [0.25, 0.3) is 10.9 Å². The van der Waals surface area contributed by atoms with Gasteiger partial charge in [-0.2, -0.15) is 10.4 Å². The summed E-state index contributed by atoms with van der Waals surface area (Å²) < 4.78 is 34.9. The van der Waals surface area contributed by atoms with E-state index in [4.69, 9.17) is 4.74 Å². The Balaban J connectivity index is 1.69. The van der Waals surface area contributed by atoms with Crippen molar-refractivity contribution in [2.75, 3.05) is 18.5 Å². The van der Waals surface area contributed by atoms with Crippen LogP contribution in [0.1, 0.15) is 33.2 Å². The van der Waals surface area contributed by atoms with E-state index >= 15 is 0 Å². The van der Waals surface area contributed by atoms with Gasteiger partial charge in [-0.05, 0) is 57.5 Å². The van der Waals surface area contributed by atoms with Crippen molar-refractivity contribution in [3.05, 3.63) is 46.9 Å². The fourth-order valence-corrected chi connectivity index (χ4v) is 5.29. The third-order valence-corrected chi connectivity index (χ3v) is 7.08. The zero-order valence-electron chi connectivity index (χ0n) is 18.6. The molecule has 1 aliphatic rings. The molecule has 0 aliphatic carbocycles. The van der Waals surface area contributed by atoms with Crippen LogP contribution in [0.3, 0.4) is 0 Å². The van der Waals surface area contributed by atoms with Gasteiger partial charge in [0, 0.05) is 24.0 Å². The molecular formula is C22H26N6O4S. The molecular weight excluding hydrogens is 444 g/mol. The van der Waals surface area contributed by atoms with Gasteiger partial charge in [-0.15, -0.1) is 0 Å². The zero-order valence-corrected chi connectivity index (χ0v) is 19.4. The van der Waals surface area contributed by atoms with E-state index in [9.17, 15) is 18.5 Å². The van der Waals surface area contributed by atoms with Crippen LogP contribution in [0, 0.1) is 17.2 Å². The predicted octanol–water partition coefficient (Wildman–Crippen LogP) is 2.65. The summed E-state index contributed by atoms with van der Waals surface area (Å²) in [5.41, 5.74) is 0.231. The molecule has 1 fully saturated rings. The number of H-pyrrole nitrogens is 1. The second-order valence-electron chi connectivity index (χ2n) is 9.03. The van der Waals surface area contributed by atoms with Crippen LogP contribution in [0.15, 0.2) is 46.2 Å². The first-order chi connectivity index (χ1) is 15.6. The average molecular weight is 471 g/mol. The SMILES string of the molecule is CC(C)(C)NS(=O)(=O)c1ccc(Nc2nn(C3COCCC3C#N)c3cc[nH]c(=O)c23)cc1. The fraction of sp³-hybridized carbons (Fsp3) is 0.409. The third kappa shape index (κ3) is 4.78. The van der Waals surface area contributed by atoms with Crippen LogP contribution in [0.5, 0.6) is 0 Å². The number of nitrogens with zero attached hydrogens (tertiary/aromatic N) is 3. The Kier molecular flexibility index (Phi) is 6.00. The first-order valence-electron chi connectivity index (χ1n) is 10.6. The maximum absolute atomic E-state index is 12.6. The fourth-order valence-electron chi connectivity index (χ4n) is 3.87. The summed E-state index contributed by atoms with van der Waals surface area (Å²) in [6, 6.07) is 9.94. The molecule has 3 N–H and O–H groups in total. The highest BCUT2D eigenvalue weighted by molar-refractivity contribution is 7.89. The molecule has 174 valence electrons. The van der Waals surface area contributed by atoms with Crippen molar-refractivity contribution in [3.63, 3.8) is 0 Å². The number of hydrogen-bond donors (Lipinski definition) is 3. The molecule has 0 spiro atoms. The standard InChI is InChI=1S/C22H26N6O4S/c1-22(2,3)27-33(30,31)16-6-4-15(5-7-16)25-20-19-17(8-10-24-21(19)29)28(26-20)18-13-32-11-9-14(18)12-23/h4-8,10,14,18,27H,9,11,13H2,1-3H3,(H,24,29)(H,25,26). The van der Waals surface area contributed by atoms with Gasteiger partial charge >= 0.3 is 0 Å². The van der Waals surface area contributed by atoms with E-state index in [1.807, 2.05) is 0 Å². The largest absolute Gasteiger partial charge is 0.379 e. The van der Waals surface area contributed by atoms with Crippen molar-refractivity contribution in [2.24, 2.45) is 5.92 Å². The number of pyridine rings is 1. The molecule has 0 bridgehead atoms. The number of nitriles is 1. The number of aromatic nitrogens is 3. The molecule has 2 unspecified atom stereocenters. The van der Waals surface area contributed by atoms with E-state index in [-0.39, 0.29) is 22.4 Å². The van der Waals surface area contributed by atoms with Crippen molar-refractivity contribution in [2.45, 2.75) is 43.7 Å². The van der Waals surface area contributed by atoms with Crippen molar-refractivity contribution < 1.29 is 13.2 Å². The molecule has 0 saturated carbocycles. The molecule has 1 aromatic carbocycles. The number of fused-ring (bicyclic) bond motifs is 1. The van der Waals surface area contributed by atoms with E-state index in [1.54, 1.807) is 49.8 Å². The molecule has 1 saturated heterocycles. The number of sulfonamides is 1. The molecule has 0 amide bonds. The van der Waals surface area contributed by atoms with E-state index < -0.39 is 15.6 Å². The Morgan fingerprint density at radius 1 is 1.24 bits per heavy atom. The lowest BCUT2D eigenvalue weighted by atomic mass is 9.96. The van der Waals surface area contributed by atoms with Gasteiger partial charge in [0.25, 0.3) is 5.56 Å². The summed E-state index contributed by atoms with van der Waals surface area (Å²) in [7, 11) is -3.67. The Labute approximate surface area is 191 Å². The maximum Gasteiger partial charge on any atom is 0.261 e. The topological polar surface area (TPSA) is 142 Å². The lowest BCUT2D eigenvalue weighted by Crippen LogP contribution is -2.40. The van der Waals surface area contributed by atoms with Crippen LogP contribution >= 0.6 is 0 Å². The van der Waals surface area contributed by atoms with E-state index in [1.165, 1.54) is 12.1 Å². The van der Waals surface area contributed by atoms with Crippen molar-refractivity contribution in [1.82, 2.24) is 19.5 Å². The van der Waals surface area contributed by atoms with Crippen LogP contribution in [-0.2, 0) is 14.8 Å². The predicted molar refractivity (Wildman–Crippen MR) is 124 cm³/mol. The van der Waals surface area contributed by atoms with Gasteiger partial charge in [0.05, 0.1) is 35.0 Å². The number of anilines is 2. The second kappa shape index (κ2) is 8.62. The highest BCUT2D eigenvalue weighted by atomic mass is 32.2. The molecule has 3 heterocycles. The number of benzene rings is 1. The number of hydrogen-bond acceptors (Lipinski definition) is 7. The first kappa shape index (κ1) is 23.0. The van der Waals surface area contributed by atoms with Crippen LogP contribution in [0.4, 0.5) is 11.5 Å². The van der Waals surface area contributed by atoms with Gasteiger partial charge in [0.1, 0.15) is 5.39 Å². The molecule has 10 nitrogen and oxygen atoms in total. The molecule has 33 heavy (non-hydrogen) atoms. The van der Waals surface area contributed by atoms with E-state index in [0.717, 1.165) is 0 Å². The number of ether oxygens (including phenoxy) is 1. The van der Waals surface area contributed by atoms with Crippen molar-refractivity contribution in [1.29, 1.82) is 5.26 Å². The van der Waals surface area contributed by atoms with Gasteiger partial charge < -0.3 is 15.0 Å². The van der Waals surface area contributed by atoms with E-state index in [2.05, 4.69) is 26.2 Å². The van der Waals surface area contributed by atoms with Gasteiger partial charge in [0.15, 0.2) is 5.82 Å².